The molecule has 0 spiro atoms. The standard InChI is InChI=1S/C6H6N4O/c1-10-2-5(7-3-10)6-8-4-11-9-6/h2-4H,1H3. The highest BCUT2D eigenvalue weighted by molar-refractivity contribution is 5.45. The molecular weight excluding hydrogens is 144 g/mol. The molecule has 0 saturated carbocycles. The molecule has 5 heteroatoms. The molecule has 2 rings (SSSR count). The molecule has 11 heavy (non-hydrogen) atoms. The highest BCUT2D eigenvalue weighted by Gasteiger charge is 2.04. The molecule has 0 aliphatic heterocycles. The predicted molar refractivity (Wildman–Crippen MR) is 36.5 cm³/mol. The monoisotopic (exact) mass is 150 g/mol. The van der Waals surface area contributed by atoms with Crippen LogP contribution >= 0.6 is 0 Å². The van der Waals surface area contributed by atoms with E-state index < -0.39 is 0 Å². The Balaban J connectivity index is 2.45. The first-order valence-corrected chi connectivity index (χ1v) is 3.11. The molecule has 2 aromatic heterocycles. The summed E-state index contributed by atoms with van der Waals surface area (Å²) in [6.45, 7) is 0. The van der Waals surface area contributed by atoms with Gasteiger partial charge in [-0.1, -0.05) is 5.16 Å². The van der Waals surface area contributed by atoms with Gasteiger partial charge in [-0.25, -0.2) is 4.98 Å². The molecule has 0 radical (unpaired) electrons. The summed E-state index contributed by atoms with van der Waals surface area (Å²) in [7, 11) is 1.89. The van der Waals surface area contributed by atoms with E-state index in [4.69, 9.17) is 0 Å². The highest BCUT2D eigenvalue weighted by Crippen LogP contribution is 2.08. The molecule has 0 amide bonds. The van der Waals surface area contributed by atoms with Gasteiger partial charge in [-0.05, 0) is 0 Å². The molecule has 0 N–H and O–H groups in total. The van der Waals surface area contributed by atoms with Gasteiger partial charge >= 0.3 is 0 Å². The summed E-state index contributed by atoms with van der Waals surface area (Å²) in [5, 5.41) is 3.64. The number of hydrogen-bond acceptors (Lipinski definition) is 4. The van der Waals surface area contributed by atoms with Gasteiger partial charge in [-0.15, -0.1) is 0 Å². The van der Waals surface area contributed by atoms with Gasteiger partial charge in [-0.2, -0.15) is 4.98 Å². The zero-order valence-corrected chi connectivity index (χ0v) is 5.93. The molecule has 0 atom stereocenters. The average Bonchev–Trinajstić information content (AvgIpc) is 2.55. The Morgan fingerprint density at radius 2 is 2.36 bits per heavy atom. The molecule has 0 aliphatic carbocycles. The molecular formula is C6H6N4O. The molecule has 0 saturated heterocycles. The Morgan fingerprint density at radius 1 is 1.45 bits per heavy atom. The van der Waals surface area contributed by atoms with Gasteiger partial charge in [-0.3, -0.25) is 0 Å². The topological polar surface area (TPSA) is 56.7 Å². The van der Waals surface area contributed by atoms with Gasteiger partial charge in [0.05, 0.1) is 6.33 Å². The van der Waals surface area contributed by atoms with Gasteiger partial charge in [0.25, 0.3) is 0 Å². The van der Waals surface area contributed by atoms with E-state index in [2.05, 4.69) is 19.6 Å². The van der Waals surface area contributed by atoms with Crippen LogP contribution in [0.5, 0.6) is 0 Å². The van der Waals surface area contributed by atoms with E-state index in [1.165, 1.54) is 6.39 Å². The minimum Gasteiger partial charge on any atom is -0.342 e. The third-order valence-electron chi connectivity index (χ3n) is 1.30. The molecule has 5 nitrogen and oxygen atoms in total. The van der Waals surface area contributed by atoms with E-state index in [-0.39, 0.29) is 0 Å². The fourth-order valence-corrected chi connectivity index (χ4v) is 0.812. The summed E-state index contributed by atoms with van der Waals surface area (Å²) >= 11 is 0. The largest absolute Gasteiger partial charge is 0.342 e. The SMILES string of the molecule is Cn1cnc(-c2ncon2)c1. The minimum atomic E-state index is 0.519. The lowest BCUT2D eigenvalue weighted by Gasteiger charge is -1.82. The lowest BCUT2D eigenvalue weighted by Crippen LogP contribution is -1.79. The number of imidazole rings is 1. The van der Waals surface area contributed by atoms with Crippen molar-refractivity contribution in [3.8, 4) is 11.5 Å². The zero-order valence-electron chi connectivity index (χ0n) is 5.93. The summed E-state index contributed by atoms with van der Waals surface area (Å²) < 4.78 is 6.39. The Bertz CT molecular complexity index is 337. The first-order valence-electron chi connectivity index (χ1n) is 3.11. The lowest BCUT2D eigenvalue weighted by atomic mass is 10.5. The number of aromatic nitrogens is 4. The van der Waals surface area contributed by atoms with Crippen molar-refractivity contribution >= 4 is 0 Å². The van der Waals surface area contributed by atoms with Crippen LogP contribution in [0.3, 0.4) is 0 Å². The summed E-state index contributed by atoms with van der Waals surface area (Å²) in [5.41, 5.74) is 0.723. The van der Waals surface area contributed by atoms with E-state index in [0.29, 0.717) is 5.82 Å². The second-order valence-electron chi connectivity index (χ2n) is 2.18. The van der Waals surface area contributed by atoms with Crippen LogP contribution in [0.15, 0.2) is 23.4 Å². The Kier molecular flexibility index (Phi) is 1.21. The first kappa shape index (κ1) is 6.09. The molecule has 56 valence electrons. The molecule has 0 unspecified atom stereocenters. The van der Waals surface area contributed by atoms with Crippen LogP contribution in [0, 0.1) is 0 Å². The van der Waals surface area contributed by atoms with E-state index in [1.807, 2.05) is 17.8 Å². The van der Waals surface area contributed by atoms with Crippen LogP contribution in [0.2, 0.25) is 0 Å². The van der Waals surface area contributed by atoms with Crippen molar-refractivity contribution < 1.29 is 4.52 Å². The van der Waals surface area contributed by atoms with E-state index >= 15 is 0 Å². The van der Waals surface area contributed by atoms with Crippen LogP contribution in [0.25, 0.3) is 11.5 Å². The highest BCUT2D eigenvalue weighted by atomic mass is 16.5. The second kappa shape index (κ2) is 2.19. The summed E-state index contributed by atoms with van der Waals surface area (Å²) in [4.78, 5) is 7.88. The fraction of sp³-hybridized carbons (Fsp3) is 0.167. The normalized spacial score (nSPS) is 10.3. The number of rotatable bonds is 1. The zero-order chi connectivity index (χ0) is 7.68. The third kappa shape index (κ3) is 1.000. The van der Waals surface area contributed by atoms with Crippen molar-refractivity contribution in [3.05, 3.63) is 18.9 Å². The lowest BCUT2D eigenvalue weighted by molar-refractivity contribution is 0.418. The van der Waals surface area contributed by atoms with Crippen LogP contribution in [-0.2, 0) is 7.05 Å². The van der Waals surface area contributed by atoms with Crippen molar-refractivity contribution in [2.75, 3.05) is 0 Å². The smallest absolute Gasteiger partial charge is 0.222 e. The molecule has 0 aliphatic rings. The van der Waals surface area contributed by atoms with Crippen LogP contribution in [-0.4, -0.2) is 19.7 Å². The summed E-state index contributed by atoms with van der Waals surface area (Å²) in [5.74, 6) is 0.519. The van der Waals surface area contributed by atoms with Crippen molar-refractivity contribution in [2.24, 2.45) is 7.05 Å². The predicted octanol–water partition coefficient (Wildman–Crippen LogP) is 0.470. The third-order valence-corrected chi connectivity index (χ3v) is 1.30. The Hall–Kier alpha value is -1.65. The maximum Gasteiger partial charge on any atom is 0.222 e. The van der Waals surface area contributed by atoms with Crippen LogP contribution < -0.4 is 0 Å². The maximum absolute atomic E-state index is 4.57. The van der Waals surface area contributed by atoms with Gasteiger partial charge in [0.15, 0.2) is 0 Å². The van der Waals surface area contributed by atoms with Crippen molar-refractivity contribution in [3.63, 3.8) is 0 Å². The first-order chi connectivity index (χ1) is 5.36. The van der Waals surface area contributed by atoms with Gasteiger partial charge in [0, 0.05) is 13.2 Å². The average molecular weight is 150 g/mol. The molecule has 2 aromatic rings. The van der Waals surface area contributed by atoms with Gasteiger partial charge < -0.3 is 9.09 Å². The fourth-order valence-electron chi connectivity index (χ4n) is 0.812. The van der Waals surface area contributed by atoms with Gasteiger partial charge in [0.2, 0.25) is 12.2 Å². The van der Waals surface area contributed by atoms with E-state index in [9.17, 15) is 0 Å². The van der Waals surface area contributed by atoms with Crippen LogP contribution in [0.1, 0.15) is 0 Å². The van der Waals surface area contributed by atoms with Crippen LogP contribution in [0.4, 0.5) is 0 Å². The number of nitrogens with zero attached hydrogens (tertiary/aromatic N) is 4. The Morgan fingerprint density at radius 3 is 2.91 bits per heavy atom. The minimum absolute atomic E-state index is 0.519. The Labute approximate surface area is 62.7 Å². The van der Waals surface area contributed by atoms with Crippen molar-refractivity contribution in [1.82, 2.24) is 19.7 Å². The van der Waals surface area contributed by atoms with Crippen molar-refractivity contribution in [1.29, 1.82) is 0 Å². The van der Waals surface area contributed by atoms with E-state index in [0.717, 1.165) is 5.69 Å². The number of aryl methyl sites for hydroxylation is 1. The summed E-state index contributed by atoms with van der Waals surface area (Å²) in [6, 6.07) is 0. The van der Waals surface area contributed by atoms with E-state index in [1.54, 1.807) is 6.33 Å². The molecule has 0 aromatic carbocycles. The molecule has 0 bridgehead atoms. The summed E-state index contributed by atoms with van der Waals surface area (Å²) in [6.07, 6.45) is 4.79. The molecule has 2 heterocycles. The molecule has 0 fully saturated rings. The van der Waals surface area contributed by atoms with Crippen molar-refractivity contribution in [2.45, 2.75) is 0 Å². The number of hydrogen-bond donors (Lipinski definition) is 0. The quantitative estimate of drug-likeness (QED) is 0.593. The second-order valence-corrected chi connectivity index (χ2v) is 2.18. The maximum atomic E-state index is 4.57. The van der Waals surface area contributed by atoms with Gasteiger partial charge in [0.1, 0.15) is 5.69 Å².